The van der Waals surface area contributed by atoms with Crippen molar-refractivity contribution in [1.29, 1.82) is 0 Å². The SMILES string of the molecule is CC1(NC(=O)c2ccc3c(c2)NC(=O)C3)CCCOC1. The van der Waals surface area contributed by atoms with Crippen LogP contribution < -0.4 is 10.6 Å². The van der Waals surface area contributed by atoms with Crippen molar-refractivity contribution in [1.82, 2.24) is 5.32 Å². The Balaban J connectivity index is 1.74. The third kappa shape index (κ3) is 2.54. The quantitative estimate of drug-likeness (QED) is 0.858. The molecule has 1 aromatic rings. The van der Waals surface area contributed by atoms with Gasteiger partial charge in [-0.05, 0) is 37.5 Å². The van der Waals surface area contributed by atoms with Crippen LogP contribution in [0.4, 0.5) is 5.69 Å². The van der Waals surface area contributed by atoms with E-state index in [0.29, 0.717) is 18.6 Å². The van der Waals surface area contributed by atoms with Crippen LogP contribution in [0.15, 0.2) is 18.2 Å². The Morgan fingerprint density at radius 2 is 2.30 bits per heavy atom. The molecule has 2 N–H and O–H groups in total. The van der Waals surface area contributed by atoms with Gasteiger partial charge in [-0.2, -0.15) is 0 Å². The number of carbonyl (C=O) groups excluding carboxylic acids is 2. The van der Waals surface area contributed by atoms with Gasteiger partial charge in [-0.25, -0.2) is 0 Å². The zero-order valence-electron chi connectivity index (χ0n) is 11.5. The van der Waals surface area contributed by atoms with Gasteiger partial charge in [0.25, 0.3) is 5.91 Å². The van der Waals surface area contributed by atoms with Crippen LogP contribution in [0.1, 0.15) is 35.7 Å². The molecule has 2 aliphatic heterocycles. The predicted molar refractivity (Wildman–Crippen MR) is 74.7 cm³/mol. The van der Waals surface area contributed by atoms with E-state index in [-0.39, 0.29) is 17.4 Å². The average Bonchev–Trinajstić information content (AvgIpc) is 2.78. The van der Waals surface area contributed by atoms with Gasteiger partial charge in [0.2, 0.25) is 5.91 Å². The first-order valence-electron chi connectivity index (χ1n) is 6.89. The van der Waals surface area contributed by atoms with Crippen molar-refractivity contribution in [2.75, 3.05) is 18.5 Å². The molecule has 3 rings (SSSR count). The Kier molecular flexibility index (Phi) is 3.22. The second kappa shape index (κ2) is 4.90. The number of hydrogen-bond donors (Lipinski definition) is 2. The summed E-state index contributed by atoms with van der Waals surface area (Å²) in [5.41, 5.74) is 1.95. The molecule has 1 atom stereocenters. The Hall–Kier alpha value is -1.88. The molecule has 106 valence electrons. The van der Waals surface area contributed by atoms with Crippen LogP contribution in [-0.2, 0) is 16.0 Å². The highest BCUT2D eigenvalue weighted by Gasteiger charge is 2.30. The molecule has 5 heteroatoms. The number of hydrogen-bond acceptors (Lipinski definition) is 3. The molecule has 0 aromatic heterocycles. The fourth-order valence-corrected chi connectivity index (χ4v) is 2.73. The van der Waals surface area contributed by atoms with Crippen LogP contribution in [0.3, 0.4) is 0 Å². The van der Waals surface area contributed by atoms with E-state index in [0.717, 1.165) is 30.7 Å². The molecule has 1 aromatic carbocycles. The Morgan fingerprint density at radius 3 is 3.05 bits per heavy atom. The molecule has 5 nitrogen and oxygen atoms in total. The number of amides is 2. The van der Waals surface area contributed by atoms with Crippen molar-refractivity contribution in [2.45, 2.75) is 31.7 Å². The highest BCUT2D eigenvalue weighted by molar-refractivity contribution is 6.02. The van der Waals surface area contributed by atoms with Gasteiger partial charge in [-0.15, -0.1) is 0 Å². The third-order valence-electron chi connectivity index (χ3n) is 3.85. The number of benzene rings is 1. The first-order valence-corrected chi connectivity index (χ1v) is 6.89. The number of carbonyl (C=O) groups is 2. The van der Waals surface area contributed by atoms with E-state index in [9.17, 15) is 9.59 Å². The maximum atomic E-state index is 12.3. The van der Waals surface area contributed by atoms with Gasteiger partial charge in [0, 0.05) is 17.9 Å². The third-order valence-corrected chi connectivity index (χ3v) is 3.85. The van der Waals surface area contributed by atoms with Crippen LogP contribution >= 0.6 is 0 Å². The average molecular weight is 274 g/mol. The van der Waals surface area contributed by atoms with Gasteiger partial charge < -0.3 is 15.4 Å². The van der Waals surface area contributed by atoms with E-state index in [1.165, 1.54) is 0 Å². The van der Waals surface area contributed by atoms with Crippen molar-refractivity contribution in [3.05, 3.63) is 29.3 Å². The molecule has 0 aliphatic carbocycles. The van der Waals surface area contributed by atoms with Crippen LogP contribution in [0.5, 0.6) is 0 Å². The van der Waals surface area contributed by atoms with Crippen molar-refractivity contribution < 1.29 is 14.3 Å². The van der Waals surface area contributed by atoms with Gasteiger partial charge in [0.1, 0.15) is 0 Å². The molecule has 0 saturated carbocycles. The maximum Gasteiger partial charge on any atom is 0.251 e. The number of fused-ring (bicyclic) bond motifs is 1. The fourth-order valence-electron chi connectivity index (χ4n) is 2.73. The number of ether oxygens (including phenoxy) is 1. The van der Waals surface area contributed by atoms with Crippen molar-refractivity contribution in [3.63, 3.8) is 0 Å². The Bertz CT molecular complexity index is 562. The Morgan fingerprint density at radius 1 is 1.45 bits per heavy atom. The minimum absolute atomic E-state index is 0.0230. The van der Waals surface area contributed by atoms with Gasteiger partial charge in [-0.3, -0.25) is 9.59 Å². The zero-order valence-corrected chi connectivity index (χ0v) is 11.5. The summed E-state index contributed by atoms with van der Waals surface area (Å²) in [5.74, 6) is -0.146. The monoisotopic (exact) mass is 274 g/mol. The lowest BCUT2D eigenvalue weighted by Crippen LogP contribution is -2.51. The molecule has 0 spiro atoms. The standard InChI is InChI=1S/C15H18N2O3/c1-15(5-2-6-20-9-15)17-14(19)11-4-3-10-8-13(18)16-12(10)7-11/h3-4,7H,2,5-6,8-9H2,1H3,(H,16,18)(H,17,19). The van der Waals surface area contributed by atoms with Crippen LogP contribution in [0.25, 0.3) is 0 Å². The molecule has 1 fully saturated rings. The van der Waals surface area contributed by atoms with E-state index in [1.807, 2.05) is 13.0 Å². The lowest BCUT2D eigenvalue weighted by Gasteiger charge is -2.34. The van der Waals surface area contributed by atoms with E-state index in [2.05, 4.69) is 10.6 Å². The Labute approximate surface area is 117 Å². The molecular formula is C15H18N2O3. The second-order valence-corrected chi connectivity index (χ2v) is 5.77. The molecule has 2 aliphatic rings. The van der Waals surface area contributed by atoms with Crippen molar-refractivity contribution in [3.8, 4) is 0 Å². The highest BCUT2D eigenvalue weighted by atomic mass is 16.5. The summed E-state index contributed by atoms with van der Waals surface area (Å²) < 4.78 is 5.44. The summed E-state index contributed by atoms with van der Waals surface area (Å²) in [6, 6.07) is 5.34. The normalized spacial score (nSPS) is 24.9. The topological polar surface area (TPSA) is 67.4 Å². The van der Waals surface area contributed by atoms with Gasteiger partial charge in [0.15, 0.2) is 0 Å². The number of nitrogens with one attached hydrogen (secondary N) is 2. The minimum Gasteiger partial charge on any atom is -0.379 e. The van der Waals surface area contributed by atoms with Crippen molar-refractivity contribution in [2.24, 2.45) is 0 Å². The second-order valence-electron chi connectivity index (χ2n) is 5.77. The van der Waals surface area contributed by atoms with E-state index < -0.39 is 0 Å². The van der Waals surface area contributed by atoms with E-state index in [4.69, 9.17) is 4.74 Å². The lowest BCUT2D eigenvalue weighted by molar-refractivity contribution is -0.115. The summed E-state index contributed by atoms with van der Waals surface area (Å²) in [4.78, 5) is 23.6. The lowest BCUT2D eigenvalue weighted by atomic mass is 9.94. The molecule has 1 saturated heterocycles. The molecule has 0 radical (unpaired) electrons. The molecule has 2 amide bonds. The summed E-state index contributed by atoms with van der Waals surface area (Å²) in [6.07, 6.45) is 2.26. The molecule has 20 heavy (non-hydrogen) atoms. The zero-order chi connectivity index (χ0) is 14.2. The highest BCUT2D eigenvalue weighted by Crippen LogP contribution is 2.25. The summed E-state index contributed by atoms with van der Waals surface area (Å²) >= 11 is 0. The summed E-state index contributed by atoms with van der Waals surface area (Å²) in [7, 11) is 0. The first kappa shape index (κ1) is 13.1. The fraction of sp³-hybridized carbons (Fsp3) is 0.467. The number of anilines is 1. The van der Waals surface area contributed by atoms with Crippen LogP contribution in [0.2, 0.25) is 0 Å². The first-order chi connectivity index (χ1) is 9.56. The smallest absolute Gasteiger partial charge is 0.251 e. The summed E-state index contributed by atoms with van der Waals surface area (Å²) in [5, 5.41) is 5.80. The largest absolute Gasteiger partial charge is 0.379 e. The molecule has 2 heterocycles. The summed E-state index contributed by atoms with van der Waals surface area (Å²) in [6.45, 7) is 3.30. The van der Waals surface area contributed by atoms with Crippen LogP contribution in [0, 0.1) is 0 Å². The molecular weight excluding hydrogens is 256 g/mol. The van der Waals surface area contributed by atoms with Crippen LogP contribution in [-0.4, -0.2) is 30.6 Å². The predicted octanol–water partition coefficient (Wildman–Crippen LogP) is 1.48. The van der Waals surface area contributed by atoms with Gasteiger partial charge in [0.05, 0.1) is 18.6 Å². The van der Waals surface area contributed by atoms with E-state index >= 15 is 0 Å². The van der Waals surface area contributed by atoms with Gasteiger partial charge in [-0.1, -0.05) is 6.07 Å². The molecule has 0 bridgehead atoms. The number of rotatable bonds is 2. The van der Waals surface area contributed by atoms with Gasteiger partial charge >= 0.3 is 0 Å². The molecule has 1 unspecified atom stereocenters. The maximum absolute atomic E-state index is 12.3. The minimum atomic E-state index is -0.308. The van der Waals surface area contributed by atoms with E-state index in [1.54, 1.807) is 12.1 Å². The van der Waals surface area contributed by atoms with Crippen molar-refractivity contribution >= 4 is 17.5 Å².